The molecular weight excluding hydrogens is 249 g/mol. The summed E-state index contributed by atoms with van der Waals surface area (Å²) in [6, 6.07) is 9.79. The normalized spacial score (nSPS) is 10.6. The van der Waals surface area contributed by atoms with E-state index in [2.05, 4.69) is 5.32 Å². The second-order valence-corrected chi connectivity index (χ2v) is 4.09. The van der Waals surface area contributed by atoms with Crippen molar-refractivity contribution in [3.05, 3.63) is 68.7 Å². The van der Waals surface area contributed by atoms with Gasteiger partial charge in [-0.3, -0.25) is 14.3 Å². The molecule has 0 bridgehead atoms. The van der Waals surface area contributed by atoms with Gasteiger partial charge in [0.2, 0.25) is 5.82 Å². The van der Waals surface area contributed by atoms with E-state index in [4.69, 9.17) is 0 Å². The molecule has 0 saturated carbocycles. The van der Waals surface area contributed by atoms with Gasteiger partial charge in [-0.1, -0.05) is 30.3 Å². The molecule has 2 N–H and O–H groups in total. The fraction of sp³-hybridized carbons (Fsp3) is 0.231. The molecule has 0 saturated heterocycles. The van der Waals surface area contributed by atoms with E-state index in [0.29, 0.717) is 19.6 Å². The van der Waals surface area contributed by atoms with E-state index >= 15 is 0 Å². The summed E-state index contributed by atoms with van der Waals surface area (Å²) in [4.78, 5) is 24.1. The topological polar surface area (TPSA) is 66.9 Å². The highest BCUT2D eigenvalue weighted by Crippen LogP contribution is 1.96. The number of halogens is 1. The summed E-state index contributed by atoms with van der Waals surface area (Å²) in [5.74, 6) is -0.956. The molecule has 0 spiro atoms. The lowest BCUT2D eigenvalue weighted by molar-refractivity contribution is 0.529. The fourth-order valence-corrected chi connectivity index (χ4v) is 1.68. The van der Waals surface area contributed by atoms with E-state index in [-0.39, 0.29) is 0 Å². The van der Waals surface area contributed by atoms with E-state index in [1.807, 2.05) is 35.3 Å². The Kier molecular flexibility index (Phi) is 4.25. The van der Waals surface area contributed by atoms with Crippen LogP contribution in [0.3, 0.4) is 0 Å². The van der Waals surface area contributed by atoms with E-state index in [9.17, 15) is 14.0 Å². The minimum absolute atomic E-state index is 0.291. The zero-order valence-corrected chi connectivity index (χ0v) is 10.2. The van der Waals surface area contributed by atoms with E-state index < -0.39 is 17.1 Å². The minimum Gasteiger partial charge on any atom is -0.311 e. The van der Waals surface area contributed by atoms with Crippen molar-refractivity contribution in [2.45, 2.75) is 13.1 Å². The molecule has 2 rings (SSSR count). The van der Waals surface area contributed by atoms with E-state index in [1.165, 1.54) is 0 Å². The maximum Gasteiger partial charge on any atom is 0.328 e. The Labute approximate surface area is 108 Å². The number of hydrogen-bond donors (Lipinski definition) is 2. The predicted molar refractivity (Wildman–Crippen MR) is 69.4 cm³/mol. The van der Waals surface area contributed by atoms with Crippen LogP contribution in [0.15, 0.2) is 46.1 Å². The van der Waals surface area contributed by atoms with Crippen LogP contribution < -0.4 is 16.6 Å². The lowest BCUT2D eigenvalue weighted by Gasteiger charge is -2.07. The number of H-pyrrole nitrogens is 1. The number of rotatable bonds is 5. The summed E-state index contributed by atoms with van der Waals surface area (Å²) in [7, 11) is 0. The molecule has 6 heteroatoms. The zero-order chi connectivity index (χ0) is 13.7. The summed E-state index contributed by atoms with van der Waals surface area (Å²) < 4.78 is 14.1. The molecule has 100 valence electrons. The summed E-state index contributed by atoms with van der Waals surface area (Å²) in [6.07, 6.45) is 0.922. The number of aromatic amines is 1. The molecule has 0 aliphatic carbocycles. The molecule has 2 aromatic rings. The summed E-state index contributed by atoms with van der Waals surface area (Å²) >= 11 is 0. The van der Waals surface area contributed by atoms with Gasteiger partial charge in [0.1, 0.15) is 0 Å². The molecule has 1 aromatic carbocycles. The van der Waals surface area contributed by atoms with Crippen LogP contribution in [0.5, 0.6) is 0 Å². The molecule has 1 aromatic heterocycles. The van der Waals surface area contributed by atoms with Crippen molar-refractivity contribution in [3.63, 3.8) is 0 Å². The highest BCUT2D eigenvalue weighted by Gasteiger charge is 2.02. The standard InChI is InChI=1S/C13H14FN3O2/c14-11-9-17(13(19)16-12(11)18)7-6-15-8-10-4-2-1-3-5-10/h1-5,9,15H,6-8H2,(H,16,18,19). The quantitative estimate of drug-likeness (QED) is 0.770. The van der Waals surface area contributed by atoms with Crippen molar-refractivity contribution >= 4 is 0 Å². The number of nitrogens with zero attached hydrogens (tertiary/aromatic N) is 1. The zero-order valence-electron chi connectivity index (χ0n) is 10.2. The van der Waals surface area contributed by atoms with Crippen molar-refractivity contribution in [2.24, 2.45) is 0 Å². The van der Waals surface area contributed by atoms with Crippen LogP contribution in [-0.4, -0.2) is 16.1 Å². The highest BCUT2D eigenvalue weighted by atomic mass is 19.1. The smallest absolute Gasteiger partial charge is 0.311 e. The van der Waals surface area contributed by atoms with Gasteiger partial charge in [0, 0.05) is 19.6 Å². The molecule has 1 heterocycles. The lowest BCUT2D eigenvalue weighted by atomic mass is 10.2. The average Bonchev–Trinajstić information content (AvgIpc) is 2.41. The Balaban J connectivity index is 1.88. The van der Waals surface area contributed by atoms with Gasteiger partial charge >= 0.3 is 5.69 Å². The first-order valence-electron chi connectivity index (χ1n) is 5.91. The van der Waals surface area contributed by atoms with Gasteiger partial charge in [0.05, 0.1) is 6.20 Å². The fourth-order valence-electron chi connectivity index (χ4n) is 1.68. The van der Waals surface area contributed by atoms with Gasteiger partial charge in [-0.25, -0.2) is 4.79 Å². The van der Waals surface area contributed by atoms with E-state index in [1.54, 1.807) is 0 Å². The third kappa shape index (κ3) is 3.62. The summed E-state index contributed by atoms with van der Waals surface area (Å²) in [5, 5.41) is 3.14. The first-order chi connectivity index (χ1) is 9.16. The third-order valence-electron chi connectivity index (χ3n) is 2.67. The molecular formula is C13H14FN3O2. The van der Waals surface area contributed by atoms with E-state index in [0.717, 1.165) is 16.3 Å². The second-order valence-electron chi connectivity index (χ2n) is 4.09. The van der Waals surface area contributed by atoms with Crippen molar-refractivity contribution in [1.82, 2.24) is 14.9 Å². The second kappa shape index (κ2) is 6.10. The Morgan fingerprint density at radius 1 is 1.21 bits per heavy atom. The first kappa shape index (κ1) is 13.2. The molecule has 0 radical (unpaired) electrons. The number of nitrogens with one attached hydrogen (secondary N) is 2. The Morgan fingerprint density at radius 3 is 2.68 bits per heavy atom. The van der Waals surface area contributed by atoms with Gasteiger partial charge < -0.3 is 5.32 Å². The average molecular weight is 263 g/mol. The lowest BCUT2D eigenvalue weighted by Crippen LogP contribution is -2.33. The summed E-state index contributed by atoms with van der Waals surface area (Å²) in [5.41, 5.74) is -0.464. The Hall–Kier alpha value is -2.21. The number of hydrogen-bond acceptors (Lipinski definition) is 3. The largest absolute Gasteiger partial charge is 0.328 e. The van der Waals surface area contributed by atoms with Crippen molar-refractivity contribution in [2.75, 3.05) is 6.54 Å². The summed E-state index contributed by atoms with van der Waals surface area (Å²) in [6.45, 7) is 1.46. The third-order valence-corrected chi connectivity index (χ3v) is 2.67. The SMILES string of the molecule is O=c1[nH]c(=O)n(CCNCc2ccccc2)cc1F. The number of benzene rings is 1. The monoisotopic (exact) mass is 263 g/mol. The van der Waals surface area contributed by atoms with Gasteiger partial charge in [-0.05, 0) is 5.56 Å². The maximum atomic E-state index is 13.0. The van der Waals surface area contributed by atoms with Crippen LogP contribution in [0.4, 0.5) is 4.39 Å². The highest BCUT2D eigenvalue weighted by molar-refractivity contribution is 5.14. The van der Waals surface area contributed by atoms with Crippen molar-refractivity contribution in [1.29, 1.82) is 0 Å². The van der Waals surface area contributed by atoms with Crippen molar-refractivity contribution in [3.8, 4) is 0 Å². The van der Waals surface area contributed by atoms with Gasteiger partial charge in [-0.2, -0.15) is 4.39 Å². The Bertz CT molecular complexity index is 649. The predicted octanol–water partition coefficient (Wildman–Crippen LogP) is 0.466. The first-order valence-corrected chi connectivity index (χ1v) is 5.91. The molecule has 0 amide bonds. The number of aromatic nitrogens is 2. The van der Waals surface area contributed by atoms with Crippen LogP contribution in [-0.2, 0) is 13.1 Å². The van der Waals surface area contributed by atoms with Gasteiger partial charge in [0.15, 0.2) is 0 Å². The molecule has 0 aliphatic heterocycles. The van der Waals surface area contributed by atoms with Crippen LogP contribution in [0, 0.1) is 5.82 Å². The van der Waals surface area contributed by atoms with Crippen molar-refractivity contribution < 1.29 is 4.39 Å². The molecule has 0 aliphatic rings. The van der Waals surface area contributed by atoms with Gasteiger partial charge in [0.25, 0.3) is 5.56 Å². The van der Waals surface area contributed by atoms with Crippen LogP contribution in [0.25, 0.3) is 0 Å². The maximum absolute atomic E-state index is 13.0. The minimum atomic E-state index is -0.988. The Morgan fingerprint density at radius 2 is 1.95 bits per heavy atom. The molecule has 0 unspecified atom stereocenters. The molecule has 19 heavy (non-hydrogen) atoms. The van der Waals surface area contributed by atoms with Crippen LogP contribution >= 0.6 is 0 Å². The van der Waals surface area contributed by atoms with Crippen LogP contribution in [0.1, 0.15) is 5.56 Å². The van der Waals surface area contributed by atoms with Crippen LogP contribution in [0.2, 0.25) is 0 Å². The van der Waals surface area contributed by atoms with Gasteiger partial charge in [-0.15, -0.1) is 0 Å². The molecule has 0 fully saturated rings. The molecule has 5 nitrogen and oxygen atoms in total. The molecule has 0 atom stereocenters.